The number of carbonyl (C=O) groups excluding carboxylic acids is 1. The third kappa shape index (κ3) is 4.80. The van der Waals surface area contributed by atoms with E-state index in [0.717, 1.165) is 28.8 Å². The number of hydrazine groups is 1. The van der Waals surface area contributed by atoms with Gasteiger partial charge in [-0.25, -0.2) is 0 Å². The molecule has 1 amide bonds. The predicted molar refractivity (Wildman–Crippen MR) is 103 cm³/mol. The van der Waals surface area contributed by atoms with E-state index in [1.807, 2.05) is 50.2 Å². The van der Waals surface area contributed by atoms with Crippen molar-refractivity contribution >= 4 is 28.9 Å². The molecule has 0 aliphatic carbocycles. The van der Waals surface area contributed by atoms with Crippen molar-refractivity contribution < 1.29 is 4.79 Å². The van der Waals surface area contributed by atoms with Crippen LogP contribution in [0.5, 0.6) is 0 Å². The fourth-order valence-electron chi connectivity index (χ4n) is 2.50. The van der Waals surface area contributed by atoms with Gasteiger partial charge in [0.05, 0.1) is 6.42 Å². The van der Waals surface area contributed by atoms with Crippen molar-refractivity contribution in [2.75, 3.05) is 5.32 Å². The first-order chi connectivity index (χ1) is 11.5. The van der Waals surface area contributed by atoms with Gasteiger partial charge in [0.25, 0.3) is 0 Å². The first kappa shape index (κ1) is 17.9. The van der Waals surface area contributed by atoms with Gasteiger partial charge in [-0.2, -0.15) is 0 Å². The average molecular weight is 341 g/mol. The number of para-hydroxylation sites is 1. The van der Waals surface area contributed by atoms with E-state index >= 15 is 0 Å². The maximum Gasteiger partial charge on any atom is 0.242 e. The molecule has 4 nitrogen and oxygen atoms in total. The lowest BCUT2D eigenvalue weighted by Gasteiger charge is -2.16. The predicted octanol–water partition coefficient (Wildman–Crippen LogP) is 3.43. The zero-order valence-corrected chi connectivity index (χ0v) is 15.1. The van der Waals surface area contributed by atoms with E-state index in [9.17, 15) is 4.79 Å². The quantitative estimate of drug-likeness (QED) is 0.589. The zero-order chi connectivity index (χ0) is 17.5. The monoisotopic (exact) mass is 341 g/mol. The molecule has 3 N–H and O–H groups in total. The normalized spacial score (nSPS) is 10.1. The van der Waals surface area contributed by atoms with Gasteiger partial charge in [0.15, 0.2) is 5.11 Å². The fourth-order valence-corrected chi connectivity index (χ4v) is 2.65. The van der Waals surface area contributed by atoms with Crippen molar-refractivity contribution in [3.63, 3.8) is 0 Å². The highest BCUT2D eigenvalue weighted by atomic mass is 32.1. The number of hydrogen-bond acceptors (Lipinski definition) is 2. The Kier molecular flexibility index (Phi) is 6.32. The van der Waals surface area contributed by atoms with Crippen molar-refractivity contribution in [3.8, 4) is 0 Å². The van der Waals surface area contributed by atoms with Gasteiger partial charge in [0.2, 0.25) is 5.91 Å². The molecule has 24 heavy (non-hydrogen) atoms. The molecule has 0 bridgehead atoms. The van der Waals surface area contributed by atoms with Gasteiger partial charge in [-0.1, -0.05) is 49.4 Å². The summed E-state index contributed by atoms with van der Waals surface area (Å²) in [6, 6.07) is 14.0. The van der Waals surface area contributed by atoms with E-state index in [1.54, 1.807) is 0 Å². The molecule has 0 heterocycles. The summed E-state index contributed by atoms with van der Waals surface area (Å²) in [5.74, 6) is -0.131. The molecule has 2 rings (SSSR count). The van der Waals surface area contributed by atoms with Crippen LogP contribution < -0.4 is 16.2 Å². The highest BCUT2D eigenvalue weighted by Gasteiger charge is 2.08. The van der Waals surface area contributed by atoms with Crippen LogP contribution in [0, 0.1) is 13.8 Å². The molecule has 0 unspecified atom stereocenters. The fraction of sp³-hybridized carbons (Fsp3) is 0.263. The Balaban J connectivity index is 1.90. The van der Waals surface area contributed by atoms with E-state index in [0.29, 0.717) is 11.5 Å². The highest BCUT2D eigenvalue weighted by molar-refractivity contribution is 7.80. The van der Waals surface area contributed by atoms with Crippen LogP contribution in [0.4, 0.5) is 5.69 Å². The third-order valence-corrected chi connectivity index (χ3v) is 4.11. The van der Waals surface area contributed by atoms with Crippen molar-refractivity contribution in [1.82, 2.24) is 10.9 Å². The SMILES string of the molecule is CCc1cccc(C)c1NC(=S)NNC(=O)Cc1ccccc1C. The Morgan fingerprint density at radius 2 is 1.62 bits per heavy atom. The van der Waals surface area contributed by atoms with Gasteiger partial charge in [-0.3, -0.25) is 15.6 Å². The first-order valence-corrected chi connectivity index (χ1v) is 8.41. The molecule has 2 aromatic carbocycles. The summed E-state index contributed by atoms with van der Waals surface area (Å²) in [6.07, 6.45) is 1.22. The Morgan fingerprint density at radius 1 is 0.958 bits per heavy atom. The van der Waals surface area contributed by atoms with Crippen LogP contribution in [-0.2, 0) is 17.6 Å². The van der Waals surface area contributed by atoms with Gasteiger partial charge >= 0.3 is 0 Å². The molecule has 2 aromatic rings. The Hall–Kier alpha value is -2.40. The molecule has 0 aromatic heterocycles. The minimum absolute atomic E-state index is 0.131. The molecular weight excluding hydrogens is 318 g/mol. The van der Waals surface area contributed by atoms with E-state index in [4.69, 9.17) is 12.2 Å². The molecule has 5 heteroatoms. The number of aryl methyl sites for hydroxylation is 3. The summed E-state index contributed by atoms with van der Waals surface area (Å²) in [6.45, 7) is 6.12. The second-order valence-electron chi connectivity index (χ2n) is 5.69. The lowest BCUT2D eigenvalue weighted by atomic mass is 10.1. The molecule has 0 radical (unpaired) electrons. The number of thiocarbonyl (C=S) groups is 1. The summed E-state index contributed by atoms with van der Waals surface area (Å²) in [5.41, 5.74) is 10.8. The smallest absolute Gasteiger partial charge is 0.242 e. The molecule has 0 saturated heterocycles. The lowest BCUT2D eigenvalue weighted by Crippen LogP contribution is -2.44. The molecule has 0 saturated carbocycles. The van der Waals surface area contributed by atoms with Crippen LogP contribution in [0.3, 0.4) is 0 Å². The van der Waals surface area contributed by atoms with Gasteiger partial charge < -0.3 is 5.32 Å². The minimum atomic E-state index is -0.131. The Morgan fingerprint density at radius 3 is 2.33 bits per heavy atom. The molecule has 0 aliphatic heterocycles. The van der Waals surface area contributed by atoms with Gasteiger partial charge in [0.1, 0.15) is 0 Å². The van der Waals surface area contributed by atoms with Crippen molar-refractivity contribution in [2.24, 2.45) is 0 Å². The van der Waals surface area contributed by atoms with E-state index in [1.165, 1.54) is 5.56 Å². The molecular formula is C19H23N3OS. The van der Waals surface area contributed by atoms with Crippen LogP contribution in [-0.4, -0.2) is 11.0 Å². The standard InChI is InChI=1S/C19H23N3OS/c1-4-15-11-7-9-14(3)18(15)20-19(24)22-21-17(23)12-16-10-6-5-8-13(16)2/h5-11H,4,12H2,1-3H3,(H,21,23)(H2,20,22,24). The van der Waals surface area contributed by atoms with Crippen LogP contribution in [0.2, 0.25) is 0 Å². The number of carbonyl (C=O) groups is 1. The number of benzene rings is 2. The van der Waals surface area contributed by atoms with Crippen LogP contribution in [0.1, 0.15) is 29.2 Å². The number of hydrogen-bond donors (Lipinski definition) is 3. The number of anilines is 1. The van der Waals surface area contributed by atoms with Crippen LogP contribution in [0.25, 0.3) is 0 Å². The van der Waals surface area contributed by atoms with E-state index in [2.05, 4.69) is 29.2 Å². The van der Waals surface area contributed by atoms with Crippen molar-refractivity contribution in [1.29, 1.82) is 0 Å². The lowest BCUT2D eigenvalue weighted by molar-refractivity contribution is -0.121. The molecule has 0 atom stereocenters. The number of amides is 1. The maximum absolute atomic E-state index is 12.1. The topological polar surface area (TPSA) is 53.2 Å². The van der Waals surface area contributed by atoms with Crippen LogP contribution in [0.15, 0.2) is 42.5 Å². The number of nitrogens with one attached hydrogen (secondary N) is 3. The zero-order valence-electron chi connectivity index (χ0n) is 14.3. The van der Waals surface area contributed by atoms with Gasteiger partial charge in [-0.15, -0.1) is 0 Å². The molecule has 0 spiro atoms. The average Bonchev–Trinajstić information content (AvgIpc) is 2.57. The second-order valence-corrected chi connectivity index (χ2v) is 6.10. The molecule has 126 valence electrons. The van der Waals surface area contributed by atoms with Crippen LogP contribution >= 0.6 is 12.2 Å². The third-order valence-electron chi connectivity index (χ3n) is 3.91. The largest absolute Gasteiger partial charge is 0.331 e. The summed E-state index contributed by atoms with van der Waals surface area (Å²) in [7, 11) is 0. The summed E-state index contributed by atoms with van der Waals surface area (Å²) in [4.78, 5) is 12.1. The number of rotatable bonds is 4. The van der Waals surface area contributed by atoms with Crippen molar-refractivity contribution in [3.05, 3.63) is 64.7 Å². The van der Waals surface area contributed by atoms with E-state index < -0.39 is 0 Å². The molecule has 0 aliphatic rings. The Labute approximate surface area is 148 Å². The minimum Gasteiger partial charge on any atom is -0.331 e. The van der Waals surface area contributed by atoms with Gasteiger partial charge in [-0.05, 0) is 54.7 Å². The van der Waals surface area contributed by atoms with Crippen molar-refractivity contribution in [2.45, 2.75) is 33.6 Å². The molecule has 0 fully saturated rings. The first-order valence-electron chi connectivity index (χ1n) is 8.00. The maximum atomic E-state index is 12.1. The summed E-state index contributed by atoms with van der Waals surface area (Å²) < 4.78 is 0. The van der Waals surface area contributed by atoms with Gasteiger partial charge in [0, 0.05) is 5.69 Å². The second kappa shape index (κ2) is 8.45. The highest BCUT2D eigenvalue weighted by Crippen LogP contribution is 2.20. The van der Waals surface area contributed by atoms with E-state index in [-0.39, 0.29) is 5.91 Å². The summed E-state index contributed by atoms with van der Waals surface area (Å²) >= 11 is 5.28. The summed E-state index contributed by atoms with van der Waals surface area (Å²) in [5, 5.41) is 3.54. The Bertz CT molecular complexity index is 743.